The standard InChI is InChI=1S/C11H20BrN5/c1-4-17(5-2)7-6-14-11-9(12)10(13-3)15-8-16-11/h8H,4-7H2,1-3H3,(H2,13,14,15,16). The van der Waals surface area contributed by atoms with E-state index < -0.39 is 0 Å². The first-order chi connectivity index (χ1) is 8.22. The van der Waals surface area contributed by atoms with Crippen molar-refractivity contribution in [2.24, 2.45) is 0 Å². The molecular weight excluding hydrogens is 282 g/mol. The van der Waals surface area contributed by atoms with Gasteiger partial charge < -0.3 is 15.5 Å². The van der Waals surface area contributed by atoms with Crippen LogP contribution in [0.2, 0.25) is 0 Å². The number of nitrogens with one attached hydrogen (secondary N) is 2. The zero-order valence-electron chi connectivity index (χ0n) is 10.6. The van der Waals surface area contributed by atoms with Crippen LogP contribution in [0.5, 0.6) is 0 Å². The Morgan fingerprint density at radius 1 is 1.24 bits per heavy atom. The highest BCUT2D eigenvalue weighted by atomic mass is 79.9. The molecule has 0 aliphatic rings. The second kappa shape index (κ2) is 7.45. The number of halogens is 1. The molecular formula is C11H20BrN5. The minimum atomic E-state index is 0.797. The minimum absolute atomic E-state index is 0.797. The van der Waals surface area contributed by atoms with Gasteiger partial charge in [0.25, 0.3) is 0 Å². The van der Waals surface area contributed by atoms with Gasteiger partial charge in [0.05, 0.1) is 0 Å². The summed E-state index contributed by atoms with van der Waals surface area (Å²) in [5.41, 5.74) is 0. The van der Waals surface area contributed by atoms with Gasteiger partial charge in [-0.15, -0.1) is 0 Å². The zero-order valence-corrected chi connectivity index (χ0v) is 12.2. The molecule has 0 spiro atoms. The number of aromatic nitrogens is 2. The molecule has 96 valence electrons. The summed E-state index contributed by atoms with van der Waals surface area (Å²) in [4.78, 5) is 10.7. The van der Waals surface area contributed by atoms with Crippen LogP contribution in [0.3, 0.4) is 0 Å². The first-order valence-electron chi connectivity index (χ1n) is 5.87. The summed E-state index contributed by atoms with van der Waals surface area (Å²) in [6.07, 6.45) is 1.55. The van der Waals surface area contributed by atoms with Crippen molar-refractivity contribution < 1.29 is 0 Å². The van der Waals surface area contributed by atoms with Crippen molar-refractivity contribution in [3.63, 3.8) is 0 Å². The number of hydrogen-bond donors (Lipinski definition) is 2. The smallest absolute Gasteiger partial charge is 0.145 e. The van der Waals surface area contributed by atoms with Crippen LogP contribution in [-0.2, 0) is 0 Å². The molecule has 0 aliphatic heterocycles. The lowest BCUT2D eigenvalue weighted by atomic mass is 10.4. The van der Waals surface area contributed by atoms with Gasteiger partial charge >= 0.3 is 0 Å². The number of rotatable bonds is 7. The third-order valence-electron chi connectivity index (χ3n) is 2.64. The van der Waals surface area contributed by atoms with Crippen LogP contribution < -0.4 is 10.6 Å². The van der Waals surface area contributed by atoms with Crippen LogP contribution in [0.25, 0.3) is 0 Å². The van der Waals surface area contributed by atoms with Gasteiger partial charge in [0.15, 0.2) is 0 Å². The largest absolute Gasteiger partial charge is 0.372 e. The average molecular weight is 302 g/mol. The number of nitrogens with zero attached hydrogens (tertiary/aromatic N) is 3. The Labute approximate surface area is 111 Å². The molecule has 0 aromatic carbocycles. The Bertz CT molecular complexity index is 341. The van der Waals surface area contributed by atoms with E-state index in [1.165, 1.54) is 0 Å². The first kappa shape index (κ1) is 14.2. The van der Waals surface area contributed by atoms with Crippen molar-refractivity contribution in [2.75, 3.05) is 43.9 Å². The minimum Gasteiger partial charge on any atom is -0.372 e. The highest BCUT2D eigenvalue weighted by molar-refractivity contribution is 9.10. The highest BCUT2D eigenvalue weighted by Gasteiger charge is 2.07. The fraction of sp³-hybridized carbons (Fsp3) is 0.636. The fourth-order valence-corrected chi connectivity index (χ4v) is 2.08. The van der Waals surface area contributed by atoms with E-state index in [9.17, 15) is 0 Å². The van der Waals surface area contributed by atoms with Gasteiger partial charge in [-0.2, -0.15) is 0 Å². The Balaban J connectivity index is 2.52. The predicted octanol–water partition coefficient (Wildman–Crippen LogP) is 2.03. The molecule has 0 atom stereocenters. The monoisotopic (exact) mass is 301 g/mol. The molecule has 1 rings (SSSR count). The molecule has 1 heterocycles. The number of hydrogen-bond acceptors (Lipinski definition) is 5. The Morgan fingerprint density at radius 2 is 1.88 bits per heavy atom. The number of anilines is 2. The molecule has 0 fully saturated rings. The van der Waals surface area contributed by atoms with Crippen LogP contribution in [0.4, 0.5) is 11.6 Å². The first-order valence-corrected chi connectivity index (χ1v) is 6.66. The highest BCUT2D eigenvalue weighted by Crippen LogP contribution is 2.25. The molecule has 0 bridgehead atoms. The van der Waals surface area contributed by atoms with Crippen molar-refractivity contribution in [3.05, 3.63) is 10.8 Å². The quantitative estimate of drug-likeness (QED) is 0.807. The lowest BCUT2D eigenvalue weighted by molar-refractivity contribution is 0.316. The van der Waals surface area contributed by atoms with Crippen molar-refractivity contribution in [3.8, 4) is 0 Å². The maximum absolute atomic E-state index is 4.21. The van der Waals surface area contributed by atoms with Gasteiger partial charge in [-0.05, 0) is 29.0 Å². The molecule has 1 aromatic rings. The molecule has 2 N–H and O–H groups in total. The molecule has 6 heteroatoms. The molecule has 0 saturated heterocycles. The normalized spacial score (nSPS) is 10.6. The molecule has 0 unspecified atom stereocenters. The van der Waals surface area contributed by atoms with Gasteiger partial charge in [-0.3, -0.25) is 0 Å². The van der Waals surface area contributed by atoms with E-state index >= 15 is 0 Å². The molecule has 17 heavy (non-hydrogen) atoms. The summed E-state index contributed by atoms with van der Waals surface area (Å²) in [7, 11) is 1.84. The SMILES string of the molecule is CCN(CC)CCNc1ncnc(NC)c1Br. The van der Waals surface area contributed by atoms with Gasteiger partial charge in [-0.1, -0.05) is 13.8 Å². The molecule has 1 aromatic heterocycles. The Kier molecular flexibility index (Phi) is 6.21. The van der Waals surface area contributed by atoms with E-state index in [1.807, 2.05) is 7.05 Å². The van der Waals surface area contributed by atoms with E-state index in [4.69, 9.17) is 0 Å². The summed E-state index contributed by atoms with van der Waals surface area (Å²) in [6, 6.07) is 0. The average Bonchev–Trinajstić information content (AvgIpc) is 2.36. The molecule has 0 saturated carbocycles. The van der Waals surface area contributed by atoms with E-state index in [2.05, 4.69) is 55.3 Å². The van der Waals surface area contributed by atoms with Crippen molar-refractivity contribution in [1.82, 2.24) is 14.9 Å². The van der Waals surface area contributed by atoms with Gasteiger partial charge in [0.2, 0.25) is 0 Å². The Hall–Kier alpha value is -0.880. The van der Waals surface area contributed by atoms with Gasteiger partial charge in [0, 0.05) is 20.1 Å². The summed E-state index contributed by atoms with van der Waals surface area (Å²) >= 11 is 3.48. The van der Waals surface area contributed by atoms with Gasteiger partial charge in [0.1, 0.15) is 22.4 Å². The third-order valence-corrected chi connectivity index (χ3v) is 3.39. The van der Waals surface area contributed by atoms with Gasteiger partial charge in [-0.25, -0.2) is 9.97 Å². The summed E-state index contributed by atoms with van der Waals surface area (Å²) in [6.45, 7) is 8.38. The molecule has 0 amide bonds. The van der Waals surface area contributed by atoms with E-state index in [-0.39, 0.29) is 0 Å². The maximum Gasteiger partial charge on any atom is 0.145 e. The van der Waals surface area contributed by atoms with Crippen LogP contribution in [-0.4, -0.2) is 48.1 Å². The second-order valence-corrected chi connectivity index (χ2v) is 4.38. The lowest BCUT2D eigenvalue weighted by Crippen LogP contribution is -2.28. The predicted molar refractivity (Wildman–Crippen MR) is 75.6 cm³/mol. The molecule has 5 nitrogen and oxygen atoms in total. The van der Waals surface area contributed by atoms with E-state index in [0.29, 0.717) is 0 Å². The van der Waals surface area contributed by atoms with Crippen molar-refractivity contribution >= 4 is 27.6 Å². The van der Waals surface area contributed by atoms with Crippen LogP contribution in [0.1, 0.15) is 13.8 Å². The molecule has 0 radical (unpaired) electrons. The van der Waals surface area contributed by atoms with E-state index in [1.54, 1.807) is 6.33 Å². The number of likely N-dealkylation sites (N-methyl/N-ethyl adjacent to an activating group) is 1. The fourth-order valence-electron chi connectivity index (χ4n) is 1.54. The van der Waals surface area contributed by atoms with Crippen molar-refractivity contribution in [2.45, 2.75) is 13.8 Å². The third kappa shape index (κ3) is 4.12. The van der Waals surface area contributed by atoms with Crippen molar-refractivity contribution in [1.29, 1.82) is 0 Å². The zero-order chi connectivity index (χ0) is 12.7. The summed E-state index contributed by atoms with van der Waals surface area (Å²) in [5.74, 6) is 1.63. The van der Waals surface area contributed by atoms with E-state index in [0.717, 1.165) is 42.3 Å². The van der Waals surface area contributed by atoms with Crippen LogP contribution in [0, 0.1) is 0 Å². The summed E-state index contributed by atoms with van der Waals surface area (Å²) in [5, 5.41) is 6.32. The summed E-state index contributed by atoms with van der Waals surface area (Å²) < 4.78 is 0.877. The van der Waals surface area contributed by atoms with Crippen LogP contribution >= 0.6 is 15.9 Å². The topological polar surface area (TPSA) is 53.1 Å². The Morgan fingerprint density at radius 3 is 2.47 bits per heavy atom. The second-order valence-electron chi connectivity index (χ2n) is 3.59. The van der Waals surface area contributed by atoms with Crippen LogP contribution in [0.15, 0.2) is 10.8 Å². The maximum atomic E-state index is 4.21. The lowest BCUT2D eigenvalue weighted by Gasteiger charge is -2.18. The molecule has 0 aliphatic carbocycles.